The molecule has 1 aliphatic carbocycles. The first-order valence-electron chi connectivity index (χ1n) is 11.1. The Morgan fingerprint density at radius 2 is 1.88 bits per heavy atom. The fourth-order valence-electron chi connectivity index (χ4n) is 4.57. The van der Waals surface area contributed by atoms with Crippen LogP contribution in [0, 0.1) is 0 Å². The number of aryl methyl sites for hydroxylation is 2. The Balaban J connectivity index is 1.43. The third-order valence-corrected chi connectivity index (χ3v) is 6.38. The molecule has 8 nitrogen and oxygen atoms in total. The molecule has 0 radical (unpaired) electrons. The van der Waals surface area contributed by atoms with Crippen molar-refractivity contribution in [2.75, 3.05) is 14.2 Å². The molecule has 0 saturated heterocycles. The molecule has 0 bridgehead atoms. The molecule has 0 amide bonds. The second-order valence-corrected chi connectivity index (χ2v) is 8.33. The van der Waals surface area contributed by atoms with Gasteiger partial charge in [-0.3, -0.25) is 4.79 Å². The first-order valence-corrected chi connectivity index (χ1v) is 11.1. The third kappa shape index (κ3) is 3.70. The van der Waals surface area contributed by atoms with E-state index in [9.17, 15) is 4.79 Å². The maximum Gasteiger partial charge on any atom is 0.261 e. The molecule has 8 heteroatoms. The van der Waals surface area contributed by atoms with Gasteiger partial charge in [0, 0.05) is 24.9 Å². The van der Waals surface area contributed by atoms with Gasteiger partial charge in [0.05, 0.1) is 25.1 Å². The van der Waals surface area contributed by atoms with Gasteiger partial charge in [-0.25, -0.2) is 4.98 Å². The molecule has 0 atom stereocenters. The standard InChI is InChI=1S/C24H27N5O3/c1-31-20-9-8-16(14-21(20)32-2)10-12-28-13-11-19-18(23(28)30)15-25-24-26-22(27-29(19)24)17-6-4-3-5-7-17/h8-9,11,13-15,17H,3-7,10,12H2,1-2H3. The number of methoxy groups -OCH3 is 2. The first kappa shape index (κ1) is 20.5. The highest BCUT2D eigenvalue weighted by Crippen LogP contribution is 2.31. The van der Waals surface area contributed by atoms with Crippen molar-refractivity contribution in [2.24, 2.45) is 0 Å². The van der Waals surface area contributed by atoms with E-state index in [4.69, 9.17) is 14.6 Å². The number of benzene rings is 1. The normalized spacial score (nSPS) is 14.8. The minimum Gasteiger partial charge on any atom is -0.493 e. The molecule has 0 aliphatic heterocycles. The highest BCUT2D eigenvalue weighted by atomic mass is 16.5. The number of fused-ring (bicyclic) bond motifs is 3. The molecule has 3 aromatic heterocycles. The number of aromatic nitrogens is 5. The number of hydrogen-bond acceptors (Lipinski definition) is 6. The summed E-state index contributed by atoms with van der Waals surface area (Å²) in [6, 6.07) is 7.74. The second-order valence-electron chi connectivity index (χ2n) is 8.33. The van der Waals surface area contributed by atoms with Crippen molar-refractivity contribution in [1.29, 1.82) is 0 Å². The predicted molar refractivity (Wildman–Crippen MR) is 122 cm³/mol. The molecule has 1 aromatic carbocycles. The van der Waals surface area contributed by atoms with Crippen LogP contribution in [-0.4, -0.2) is 38.4 Å². The number of rotatable bonds is 6. The smallest absolute Gasteiger partial charge is 0.261 e. The third-order valence-electron chi connectivity index (χ3n) is 6.38. The van der Waals surface area contributed by atoms with Gasteiger partial charge in [-0.1, -0.05) is 25.3 Å². The second kappa shape index (κ2) is 8.61. The van der Waals surface area contributed by atoms with Gasteiger partial charge >= 0.3 is 0 Å². The van der Waals surface area contributed by atoms with E-state index < -0.39 is 0 Å². The number of ether oxygens (including phenoxy) is 2. The molecule has 0 unspecified atom stereocenters. The molecular formula is C24H27N5O3. The monoisotopic (exact) mass is 433 g/mol. The Morgan fingerprint density at radius 3 is 2.66 bits per heavy atom. The van der Waals surface area contributed by atoms with Gasteiger partial charge < -0.3 is 14.0 Å². The Hall–Kier alpha value is -3.42. The van der Waals surface area contributed by atoms with Crippen molar-refractivity contribution in [3.63, 3.8) is 0 Å². The van der Waals surface area contributed by atoms with E-state index in [1.807, 2.05) is 30.5 Å². The van der Waals surface area contributed by atoms with Crippen molar-refractivity contribution in [3.05, 3.63) is 58.4 Å². The van der Waals surface area contributed by atoms with Gasteiger partial charge in [0.15, 0.2) is 17.3 Å². The first-order chi connectivity index (χ1) is 15.7. The maximum absolute atomic E-state index is 13.1. The zero-order valence-electron chi connectivity index (χ0n) is 18.5. The summed E-state index contributed by atoms with van der Waals surface area (Å²) in [5, 5.41) is 5.28. The van der Waals surface area contributed by atoms with Gasteiger partial charge in [-0.2, -0.15) is 9.50 Å². The van der Waals surface area contributed by atoms with Gasteiger partial charge in [0.25, 0.3) is 11.3 Å². The molecule has 1 aliphatic rings. The molecular weight excluding hydrogens is 406 g/mol. The molecule has 0 spiro atoms. The summed E-state index contributed by atoms with van der Waals surface area (Å²) in [7, 11) is 3.23. The van der Waals surface area contributed by atoms with Crippen LogP contribution in [-0.2, 0) is 13.0 Å². The Morgan fingerprint density at radius 1 is 1.06 bits per heavy atom. The zero-order valence-corrected chi connectivity index (χ0v) is 18.5. The average molecular weight is 434 g/mol. The zero-order chi connectivity index (χ0) is 22.1. The van der Waals surface area contributed by atoms with Crippen LogP contribution in [0.25, 0.3) is 16.7 Å². The van der Waals surface area contributed by atoms with E-state index >= 15 is 0 Å². The quantitative estimate of drug-likeness (QED) is 0.461. The minimum absolute atomic E-state index is 0.0768. The van der Waals surface area contributed by atoms with Gasteiger partial charge in [-0.05, 0) is 43.0 Å². The van der Waals surface area contributed by atoms with Crippen LogP contribution in [0.4, 0.5) is 0 Å². The van der Waals surface area contributed by atoms with Gasteiger partial charge in [-0.15, -0.1) is 5.10 Å². The topological polar surface area (TPSA) is 83.5 Å². The molecule has 32 heavy (non-hydrogen) atoms. The summed E-state index contributed by atoms with van der Waals surface area (Å²) >= 11 is 0. The predicted octanol–water partition coefficient (Wildman–Crippen LogP) is 3.75. The Labute approximate surface area is 185 Å². The van der Waals surface area contributed by atoms with Gasteiger partial charge in [0.1, 0.15) is 0 Å². The molecule has 1 fully saturated rings. The van der Waals surface area contributed by atoms with Crippen molar-refractivity contribution >= 4 is 16.7 Å². The van der Waals surface area contributed by atoms with E-state index in [0.717, 1.165) is 29.7 Å². The number of hydrogen-bond donors (Lipinski definition) is 0. The number of nitrogens with zero attached hydrogens (tertiary/aromatic N) is 5. The largest absolute Gasteiger partial charge is 0.493 e. The lowest BCUT2D eigenvalue weighted by molar-refractivity contribution is 0.354. The Kier molecular flexibility index (Phi) is 5.51. The summed E-state index contributed by atoms with van der Waals surface area (Å²) in [6.45, 7) is 0.549. The van der Waals surface area contributed by atoms with Crippen LogP contribution in [0.3, 0.4) is 0 Å². The van der Waals surface area contributed by atoms with Crippen LogP contribution in [0.1, 0.15) is 49.4 Å². The lowest BCUT2D eigenvalue weighted by Gasteiger charge is -2.17. The summed E-state index contributed by atoms with van der Waals surface area (Å²) in [6.07, 6.45) is 10.1. The molecule has 166 valence electrons. The van der Waals surface area contributed by atoms with E-state index in [2.05, 4.69) is 9.97 Å². The van der Waals surface area contributed by atoms with Crippen LogP contribution < -0.4 is 15.0 Å². The average Bonchev–Trinajstić information content (AvgIpc) is 3.29. The number of pyridine rings is 1. The van der Waals surface area contributed by atoms with Crippen molar-refractivity contribution in [1.82, 2.24) is 24.1 Å². The summed E-state index contributed by atoms with van der Waals surface area (Å²) in [5.74, 6) is 3.17. The summed E-state index contributed by atoms with van der Waals surface area (Å²) in [4.78, 5) is 22.2. The highest BCUT2D eigenvalue weighted by molar-refractivity contribution is 5.78. The Bertz CT molecular complexity index is 1320. The van der Waals surface area contributed by atoms with Crippen LogP contribution in [0.2, 0.25) is 0 Å². The van der Waals surface area contributed by atoms with E-state index in [1.54, 1.807) is 29.5 Å². The summed E-state index contributed by atoms with van der Waals surface area (Å²) in [5.41, 5.74) is 1.74. The summed E-state index contributed by atoms with van der Waals surface area (Å²) < 4.78 is 14.1. The van der Waals surface area contributed by atoms with Crippen LogP contribution in [0.15, 0.2) is 41.5 Å². The SMILES string of the molecule is COc1ccc(CCn2ccc3c(cnc4nc(C5CCCCC5)nn43)c2=O)cc1OC. The molecule has 4 aromatic rings. The van der Waals surface area contributed by atoms with Crippen molar-refractivity contribution < 1.29 is 9.47 Å². The lowest BCUT2D eigenvalue weighted by atomic mass is 9.89. The van der Waals surface area contributed by atoms with E-state index in [1.165, 1.54) is 19.3 Å². The molecule has 3 heterocycles. The van der Waals surface area contributed by atoms with E-state index in [-0.39, 0.29) is 5.56 Å². The fraction of sp³-hybridized carbons (Fsp3) is 0.417. The van der Waals surface area contributed by atoms with E-state index in [0.29, 0.717) is 41.5 Å². The van der Waals surface area contributed by atoms with Crippen LogP contribution in [0.5, 0.6) is 11.5 Å². The fourth-order valence-corrected chi connectivity index (χ4v) is 4.57. The minimum atomic E-state index is -0.0768. The molecule has 0 N–H and O–H groups in total. The maximum atomic E-state index is 13.1. The van der Waals surface area contributed by atoms with Crippen molar-refractivity contribution in [2.45, 2.75) is 51.0 Å². The highest BCUT2D eigenvalue weighted by Gasteiger charge is 2.21. The molecule has 1 saturated carbocycles. The molecule has 5 rings (SSSR count). The lowest BCUT2D eigenvalue weighted by Crippen LogP contribution is -2.21. The van der Waals surface area contributed by atoms with Crippen LogP contribution >= 0.6 is 0 Å². The van der Waals surface area contributed by atoms with Gasteiger partial charge in [0.2, 0.25) is 0 Å². The van der Waals surface area contributed by atoms with Crippen molar-refractivity contribution in [3.8, 4) is 11.5 Å².